The zero-order chi connectivity index (χ0) is 15.7. The molecule has 114 valence electrons. The second-order valence-corrected chi connectivity index (χ2v) is 13.3. The normalized spacial score (nSPS) is 14.4. The highest BCUT2D eigenvalue weighted by molar-refractivity contribution is 9.10. The largest absolute Gasteiger partial charge is 0.409 e. The summed E-state index contributed by atoms with van der Waals surface area (Å²) >= 11 is 7.35. The molecule has 1 rings (SSSR count). The fraction of sp³-hybridized carbons (Fsp3) is 0.625. The van der Waals surface area contributed by atoms with Crippen molar-refractivity contribution >= 4 is 40.2 Å². The van der Waals surface area contributed by atoms with E-state index in [-0.39, 0.29) is 11.1 Å². The second-order valence-electron chi connectivity index (χ2n) is 7.00. The van der Waals surface area contributed by atoms with E-state index in [2.05, 4.69) is 91.7 Å². The van der Waals surface area contributed by atoms with Crippen LogP contribution in [0.1, 0.15) is 43.6 Å². The molecule has 0 aromatic heterocycles. The summed E-state index contributed by atoms with van der Waals surface area (Å²) in [5.74, 6) is 0. The Labute approximate surface area is 141 Å². The number of hydrogen-bond acceptors (Lipinski definition) is 1. The number of benzene rings is 1. The molecule has 0 aliphatic heterocycles. The molecule has 0 amide bonds. The van der Waals surface area contributed by atoms with Gasteiger partial charge in [0.15, 0.2) is 8.32 Å². The minimum absolute atomic E-state index is 0.103. The van der Waals surface area contributed by atoms with Crippen molar-refractivity contribution in [3.05, 3.63) is 33.3 Å². The Morgan fingerprint density at radius 2 is 1.75 bits per heavy atom. The maximum Gasteiger partial charge on any atom is 0.192 e. The SMILES string of the molecule is Cc1cc(C)c(C(CBr)O[Si](C)(C)C(C)(C)C)c(Br)c1. The van der Waals surface area contributed by atoms with Crippen LogP contribution >= 0.6 is 31.9 Å². The molecule has 0 saturated heterocycles. The third-order valence-electron chi connectivity index (χ3n) is 4.19. The van der Waals surface area contributed by atoms with E-state index in [4.69, 9.17) is 4.43 Å². The van der Waals surface area contributed by atoms with Gasteiger partial charge in [0.25, 0.3) is 0 Å². The highest BCUT2D eigenvalue weighted by atomic mass is 79.9. The van der Waals surface area contributed by atoms with Gasteiger partial charge >= 0.3 is 0 Å². The molecule has 0 radical (unpaired) electrons. The molecule has 0 N–H and O–H groups in total. The van der Waals surface area contributed by atoms with Gasteiger partial charge in [-0.05, 0) is 54.7 Å². The summed E-state index contributed by atoms with van der Waals surface area (Å²) in [7, 11) is -1.78. The molecular formula is C16H26Br2OSi. The van der Waals surface area contributed by atoms with E-state index in [1.165, 1.54) is 16.7 Å². The van der Waals surface area contributed by atoms with Crippen LogP contribution < -0.4 is 0 Å². The fourth-order valence-electron chi connectivity index (χ4n) is 2.03. The molecule has 1 nitrogen and oxygen atoms in total. The van der Waals surface area contributed by atoms with Gasteiger partial charge in [0, 0.05) is 9.80 Å². The topological polar surface area (TPSA) is 9.23 Å². The van der Waals surface area contributed by atoms with Gasteiger partial charge in [-0.25, -0.2) is 0 Å². The number of hydrogen-bond donors (Lipinski definition) is 0. The van der Waals surface area contributed by atoms with Crippen molar-refractivity contribution in [1.29, 1.82) is 0 Å². The predicted octanol–water partition coefficient (Wildman–Crippen LogP) is 6.52. The molecule has 0 bridgehead atoms. The molecule has 20 heavy (non-hydrogen) atoms. The van der Waals surface area contributed by atoms with Gasteiger partial charge in [-0.2, -0.15) is 0 Å². The minimum atomic E-state index is -1.78. The van der Waals surface area contributed by atoms with Gasteiger partial charge in [0.2, 0.25) is 0 Å². The monoisotopic (exact) mass is 420 g/mol. The highest BCUT2D eigenvalue weighted by Gasteiger charge is 2.39. The van der Waals surface area contributed by atoms with Crippen LogP contribution in [0.3, 0.4) is 0 Å². The molecule has 0 aliphatic rings. The van der Waals surface area contributed by atoms with E-state index in [1.54, 1.807) is 0 Å². The molecule has 0 saturated carbocycles. The van der Waals surface area contributed by atoms with Crippen molar-refractivity contribution in [3.8, 4) is 0 Å². The summed E-state index contributed by atoms with van der Waals surface area (Å²) in [5, 5.41) is 1.04. The van der Waals surface area contributed by atoms with E-state index in [1.807, 2.05) is 0 Å². The van der Waals surface area contributed by atoms with Crippen molar-refractivity contribution in [2.75, 3.05) is 5.33 Å². The van der Waals surface area contributed by atoms with E-state index in [0.29, 0.717) is 0 Å². The maximum atomic E-state index is 6.60. The summed E-state index contributed by atoms with van der Waals surface area (Å²) in [6, 6.07) is 4.40. The van der Waals surface area contributed by atoms with Gasteiger partial charge in [-0.15, -0.1) is 0 Å². The van der Waals surface area contributed by atoms with Gasteiger partial charge in [-0.1, -0.05) is 58.7 Å². The van der Waals surface area contributed by atoms with Crippen molar-refractivity contribution in [1.82, 2.24) is 0 Å². The van der Waals surface area contributed by atoms with Crippen molar-refractivity contribution in [3.63, 3.8) is 0 Å². The van der Waals surface area contributed by atoms with E-state index in [0.717, 1.165) is 9.80 Å². The summed E-state index contributed by atoms with van der Waals surface area (Å²) in [6.45, 7) is 15.7. The van der Waals surface area contributed by atoms with E-state index in [9.17, 15) is 0 Å². The molecule has 0 fully saturated rings. The maximum absolute atomic E-state index is 6.60. The van der Waals surface area contributed by atoms with Crippen molar-refractivity contribution in [2.45, 2.75) is 58.9 Å². The van der Waals surface area contributed by atoms with Gasteiger partial charge in [0.05, 0.1) is 6.10 Å². The Hall–Kier alpha value is 0.357. The van der Waals surface area contributed by atoms with Crippen molar-refractivity contribution < 1.29 is 4.43 Å². The second kappa shape index (κ2) is 6.63. The minimum Gasteiger partial charge on any atom is -0.409 e. The van der Waals surface area contributed by atoms with Crippen LogP contribution in [-0.4, -0.2) is 13.6 Å². The average molecular weight is 422 g/mol. The van der Waals surface area contributed by atoms with Crippen LogP contribution in [0.2, 0.25) is 18.1 Å². The summed E-state index contributed by atoms with van der Waals surface area (Å²) in [4.78, 5) is 0. The Morgan fingerprint density at radius 3 is 2.15 bits per heavy atom. The smallest absolute Gasteiger partial charge is 0.192 e. The standard InChI is InChI=1S/C16H26Br2OSi/c1-11-8-12(2)15(13(18)9-11)14(10-17)19-20(6,7)16(3,4)5/h8-9,14H,10H2,1-7H3. The summed E-state index contributed by atoms with van der Waals surface area (Å²) < 4.78 is 7.75. The molecular weight excluding hydrogens is 396 g/mol. The number of alkyl halides is 1. The number of rotatable bonds is 4. The Morgan fingerprint density at radius 1 is 1.20 bits per heavy atom. The van der Waals surface area contributed by atoms with Crippen LogP contribution in [0.15, 0.2) is 16.6 Å². The summed E-state index contributed by atoms with van der Waals surface area (Å²) in [6.07, 6.45) is 0.103. The first-order valence-corrected chi connectivity index (χ1v) is 11.8. The van der Waals surface area contributed by atoms with E-state index < -0.39 is 8.32 Å². The average Bonchev–Trinajstić information content (AvgIpc) is 2.24. The Balaban J connectivity index is 3.16. The fourth-order valence-corrected chi connectivity index (χ4v) is 4.93. The third kappa shape index (κ3) is 4.18. The zero-order valence-electron chi connectivity index (χ0n) is 13.6. The molecule has 0 heterocycles. The lowest BCUT2D eigenvalue weighted by Gasteiger charge is -2.39. The summed E-state index contributed by atoms with van der Waals surface area (Å²) in [5.41, 5.74) is 3.84. The first-order chi connectivity index (χ1) is 8.99. The van der Waals surface area contributed by atoms with Crippen LogP contribution in [0, 0.1) is 13.8 Å². The van der Waals surface area contributed by atoms with Crippen molar-refractivity contribution in [2.24, 2.45) is 0 Å². The molecule has 1 aromatic carbocycles. The third-order valence-corrected chi connectivity index (χ3v) is 9.92. The quantitative estimate of drug-likeness (QED) is 0.396. The lowest BCUT2D eigenvalue weighted by Crippen LogP contribution is -2.42. The molecule has 1 unspecified atom stereocenters. The highest BCUT2D eigenvalue weighted by Crippen LogP contribution is 2.42. The van der Waals surface area contributed by atoms with Gasteiger partial charge < -0.3 is 4.43 Å². The van der Waals surface area contributed by atoms with Gasteiger partial charge in [-0.3, -0.25) is 0 Å². The first kappa shape index (κ1) is 18.4. The van der Waals surface area contributed by atoms with Crippen LogP contribution in [0.5, 0.6) is 0 Å². The molecule has 1 aromatic rings. The first-order valence-electron chi connectivity index (χ1n) is 7.00. The molecule has 1 atom stereocenters. The van der Waals surface area contributed by atoms with Crippen LogP contribution in [0.25, 0.3) is 0 Å². The number of aryl methyl sites for hydroxylation is 2. The molecule has 0 spiro atoms. The van der Waals surface area contributed by atoms with Crippen LogP contribution in [0.4, 0.5) is 0 Å². The Bertz CT molecular complexity index is 455. The molecule has 4 heteroatoms. The molecule has 0 aliphatic carbocycles. The lowest BCUT2D eigenvalue weighted by molar-refractivity contribution is 0.207. The number of halogens is 2. The predicted molar refractivity (Wildman–Crippen MR) is 98.4 cm³/mol. The zero-order valence-corrected chi connectivity index (χ0v) is 17.8. The lowest BCUT2D eigenvalue weighted by atomic mass is 10.0. The Kier molecular flexibility index (Phi) is 6.11. The van der Waals surface area contributed by atoms with E-state index >= 15 is 0 Å². The van der Waals surface area contributed by atoms with Crippen LogP contribution in [-0.2, 0) is 4.43 Å². The van der Waals surface area contributed by atoms with Gasteiger partial charge in [0.1, 0.15) is 0 Å².